The summed E-state index contributed by atoms with van der Waals surface area (Å²) in [6, 6.07) is 0. The maximum absolute atomic E-state index is 10.7. The smallest absolute Gasteiger partial charge is 0.306 e. The maximum atomic E-state index is 10.7. The van der Waals surface area contributed by atoms with Crippen LogP contribution in [0.3, 0.4) is 0 Å². The van der Waals surface area contributed by atoms with E-state index < -0.39 is 0 Å². The molecule has 1 aliphatic rings. The van der Waals surface area contributed by atoms with E-state index in [-0.39, 0.29) is 5.97 Å². The molecule has 0 saturated carbocycles. The topological polar surface area (TPSA) is 26.3 Å². The third-order valence-corrected chi connectivity index (χ3v) is 2.07. The summed E-state index contributed by atoms with van der Waals surface area (Å²) in [5.41, 5.74) is 2.02. The number of carbonyl (C=O) groups is 1. The van der Waals surface area contributed by atoms with Crippen LogP contribution in [-0.4, -0.2) is 12.6 Å². The Hall–Kier alpha value is -1.05. The first-order valence-corrected chi connectivity index (χ1v) is 4.09. The standard InChI is InChI=1S/C10H14O2/c1-7(2)8(3)4-9-5-10(11)12-6-9/h9H,1,3-6H2,2H3. The molecular weight excluding hydrogens is 152 g/mol. The third kappa shape index (κ3) is 2.22. The lowest BCUT2D eigenvalue weighted by molar-refractivity contribution is -0.137. The second kappa shape index (κ2) is 3.57. The Labute approximate surface area is 72.9 Å². The highest BCUT2D eigenvalue weighted by Gasteiger charge is 2.23. The number of hydrogen-bond acceptors (Lipinski definition) is 2. The number of carbonyl (C=O) groups excluding carboxylic acids is 1. The molecule has 1 saturated heterocycles. The van der Waals surface area contributed by atoms with E-state index in [2.05, 4.69) is 13.2 Å². The van der Waals surface area contributed by atoms with Gasteiger partial charge in [-0.1, -0.05) is 24.3 Å². The van der Waals surface area contributed by atoms with Crippen molar-refractivity contribution in [3.8, 4) is 0 Å². The molecule has 0 aromatic carbocycles. The molecule has 1 fully saturated rings. The largest absolute Gasteiger partial charge is 0.465 e. The molecule has 0 spiro atoms. The number of allylic oxidation sites excluding steroid dienone is 2. The summed E-state index contributed by atoms with van der Waals surface area (Å²) in [5.74, 6) is 0.233. The highest BCUT2D eigenvalue weighted by molar-refractivity contribution is 5.71. The van der Waals surface area contributed by atoms with Crippen molar-refractivity contribution >= 4 is 5.97 Å². The normalized spacial score (nSPS) is 22.1. The molecular formula is C10H14O2. The summed E-state index contributed by atoms with van der Waals surface area (Å²) in [6.45, 7) is 10.1. The lowest BCUT2D eigenvalue weighted by Crippen LogP contribution is -2.00. The molecule has 0 bridgehead atoms. The van der Waals surface area contributed by atoms with Crippen LogP contribution in [0, 0.1) is 5.92 Å². The van der Waals surface area contributed by atoms with Crippen LogP contribution in [0.2, 0.25) is 0 Å². The van der Waals surface area contributed by atoms with Crippen LogP contribution in [0.1, 0.15) is 19.8 Å². The zero-order valence-corrected chi connectivity index (χ0v) is 7.43. The molecule has 0 radical (unpaired) electrons. The minimum Gasteiger partial charge on any atom is -0.465 e. The van der Waals surface area contributed by atoms with E-state index in [1.54, 1.807) is 0 Å². The van der Waals surface area contributed by atoms with E-state index in [0.29, 0.717) is 18.9 Å². The molecule has 2 nitrogen and oxygen atoms in total. The van der Waals surface area contributed by atoms with Crippen molar-refractivity contribution in [3.63, 3.8) is 0 Å². The fourth-order valence-electron chi connectivity index (χ4n) is 1.22. The average Bonchev–Trinajstić information content (AvgIpc) is 2.35. The van der Waals surface area contributed by atoms with Gasteiger partial charge in [0.1, 0.15) is 0 Å². The van der Waals surface area contributed by atoms with Crippen molar-refractivity contribution in [2.24, 2.45) is 5.92 Å². The van der Waals surface area contributed by atoms with Gasteiger partial charge in [-0.25, -0.2) is 0 Å². The van der Waals surface area contributed by atoms with Crippen molar-refractivity contribution in [3.05, 3.63) is 24.3 Å². The van der Waals surface area contributed by atoms with Gasteiger partial charge in [0.05, 0.1) is 13.0 Å². The highest BCUT2D eigenvalue weighted by Crippen LogP contribution is 2.23. The molecule has 0 N–H and O–H groups in total. The molecule has 12 heavy (non-hydrogen) atoms. The Balaban J connectivity index is 2.37. The van der Waals surface area contributed by atoms with Gasteiger partial charge in [0.2, 0.25) is 0 Å². The number of ether oxygens (including phenoxy) is 1. The highest BCUT2D eigenvalue weighted by atomic mass is 16.5. The van der Waals surface area contributed by atoms with Crippen LogP contribution < -0.4 is 0 Å². The molecule has 1 aliphatic heterocycles. The van der Waals surface area contributed by atoms with Crippen LogP contribution >= 0.6 is 0 Å². The monoisotopic (exact) mass is 166 g/mol. The van der Waals surface area contributed by atoms with Gasteiger partial charge < -0.3 is 4.74 Å². The Kier molecular flexibility index (Phi) is 2.69. The zero-order valence-electron chi connectivity index (χ0n) is 7.43. The Bertz CT molecular complexity index is 228. The van der Waals surface area contributed by atoms with Gasteiger partial charge in [-0.2, -0.15) is 0 Å². The van der Waals surface area contributed by atoms with Gasteiger partial charge in [0, 0.05) is 5.92 Å². The van der Waals surface area contributed by atoms with E-state index in [0.717, 1.165) is 17.6 Å². The number of rotatable bonds is 3. The number of cyclic esters (lactones) is 1. The molecule has 1 unspecified atom stereocenters. The molecule has 0 amide bonds. The summed E-state index contributed by atoms with van der Waals surface area (Å²) in [7, 11) is 0. The van der Waals surface area contributed by atoms with Crippen molar-refractivity contribution in [1.29, 1.82) is 0 Å². The van der Waals surface area contributed by atoms with Crippen molar-refractivity contribution in [2.75, 3.05) is 6.61 Å². The Morgan fingerprint density at radius 2 is 2.33 bits per heavy atom. The second-order valence-electron chi connectivity index (χ2n) is 3.34. The molecule has 1 rings (SSSR count). The SMILES string of the molecule is C=C(C)C(=C)CC1COC(=O)C1. The first-order chi connectivity index (χ1) is 5.59. The van der Waals surface area contributed by atoms with E-state index in [1.807, 2.05) is 6.92 Å². The lowest BCUT2D eigenvalue weighted by Gasteiger charge is -2.07. The van der Waals surface area contributed by atoms with E-state index in [1.165, 1.54) is 0 Å². The summed E-state index contributed by atoms with van der Waals surface area (Å²) in [6.07, 6.45) is 1.37. The molecule has 66 valence electrons. The van der Waals surface area contributed by atoms with Crippen LogP contribution in [0.5, 0.6) is 0 Å². The quantitative estimate of drug-likeness (QED) is 0.474. The zero-order chi connectivity index (χ0) is 9.14. The molecule has 1 heterocycles. The fraction of sp³-hybridized carbons (Fsp3) is 0.500. The summed E-state index contributed by atoms with van der Waals surface area (Å²) in [5, 5.41) is 0. The Morgan fingerprint density at radius 3 is 2.75 bits per heavy atom. The minimum absolute atomic E-state index is 0.0884. The van der Waals surface area contributed by atoms with Crippen LogP contribution in [0.25, 0.3) is 0 Å². The van der Waals surface area contributed by atoms with Gasteiger partial charge in [0.25, 0.3) is 0 Å². The Morgan fingerprint density at radius 1 is 1.67 bits per heavy atom. The predicted octanol–water partition coefficient (Wildman–Crippen LogP) is 2.07. The summed E-state index contributed by atoms with van der Waals surface area (Å²) >= 11 is 0. The van der Waals surface area contributed by atoms with Crippen molar-refractivity contribution < 1.29 is 9.53 Å². The van der Waals surface area contributed by atoms with Crippen molar-refractivity contribution in [2.45, 2.75) is 19.8 Å². The van der Waals surface area contributed by atoms with Crippen LogP contribution in [-0.2, 0) is 9.53 Å². The summed E-state index contributed by atoms with van der Waals surface area (Å²) < 4.78 is 4.84. The third-order valence-electron chi connectivity index (χ3n) is 2.07. The number of esters is 1. The van der Waals surface area contributed by atoms with E-state index in [4.69, 9.17) is 4.74 Å². The van der Waals surface area contributed by atoms with Crippen LogP contribution in [0.15, 0.2) is 24.3 Å². The minimum atomic E-state index is -0.0884. The van der Waals surface area contributed by atoms with Crippen molar-refractivity contribution in [1.82, 2.24) is 0 Å². The van der Waals surface area contributed by atoms with Gasteiger partial charge in [-0.05, 0) is 13.3 Å². The van der Waals surface area contributed by atoms with Crippen LogP contribution in [0.4, 0.5) is 0 Å². The first-order valence-electron chi connectivity index (χ1n) is 4.09. The summed E-state index contributed by atoms with van der Waals surface area (Å²) in [4.78, 5) is 10.7. The predicted molar refractivity (Wildman–Crippen MR) is 47.6 cm³/mol. The lowest BCUT2D eigenvalue weighted by atomic mass is 9.96. The fourth-order valence-corrected chi connectivity index (χ4v) is 1.22. The number of hydrogen-bond donors (Lipinski definition) is 0. The molecule has 0 aromatic heterocycles. The molecule has 0 aliphatic carbocycles. The molecule has 1 atom stereocenters. The van der Waals surface area contributed by atoms with E-state index in [9.17, 15) is 4.79 Å². The second-order valence-corrected chi connectivity index (χ2v) is 3.34. The van der Waals surface area contributed by atoms with Gasteiger partial charge >= 0.3 is 5.97 Å². The van der Waals surface area contributed by atoms with E-state index >= 15 is 0 Å². The van der Waals surface area contributed by atoms with Gasteiger partial charge in [0.15, 0.2) is 0 Å². The first kappa shape index (κ1) is 9.04. The molecule has 0 aromatic rings. The molecule has 2 heteroatoms. The van der Waals surface area contributed by atoms with Gasteiger partial charge in [-0.3, -0.25) is 4.79 Å². The maximum Gasteiger partial charge on any atom is 0.306 e. The van der Waals surface area contributed by atoms with Gasteiger partial charge in [-0.15, -0.1) is 0 Å². The average molecular weight is 166 g/mol.